The van der Waals surface area contributed by atoms with Crippen molar-refractivity contribution in [2.45, 2.75) is 45.3 Å². The predicted molar refractivity (Wildman–Crippen MR) is 116 cm³/mol. The average Bonchev–Trinajstić information content (AvgIpc) is 3.21. The van der Waals surface area contributed by atoms with Gasteiger partial charge in [-0.15, -0.1) is 0 Å². The van der Waals surface area contributed by atoms with Crippen molar-refractivity contribution in [1.82, 2.24) is 14.8 Å². The molecule has 1 unspecified atom stereocenters. The van der Waals surface area contributed by atoms with E-state index in [-0.39, 0.29) is 0 Å². The maximum absolute atomic E-state index is 6.73. The molecule has 0 fully saturated rings. The zero-order valence-corrected chi connectivity index (χ0v) is 18.2. The van der Waals surface area contributed by atoms with E-state index in [1.54, 1.807) is 23.1 Å². The third-order valence-corrected chi connectivity index (χ3v) is 5.17. The van der Waals surface area contributed by atoms with E-state index in [1.807, 2.05) is 30.3 Å². The molecule has 0 spiro atoms. The van der Waals surface area contributed by atoms with Crippen molar-refractivity contribution >= 4 is 23.2 Å². The van der Waals surface area contributed by atoms with Gasteiger partial charge >= 0.3 is 0 Å². The summed E-state index contributed by atoms with van der Waals surface area (Å²) in [4.78, 5) is 4.06. The van der Waals surface area contributed by atoms with Crippen LogP contribution in [-0.4, -0.2) is 21.4 Å². The molecule has 154 valence electrons. The second-order valence-corrected chi connectivity index (χ2v) is 7.73. The van der Waals surface area contributed by atoms with Crippen LogP contribution in [0.5, 0.6) is 11.5 Å². The first kappa shape index (κ1) is 21.6. The second-order valence-electron chi connectivity index (χ2n) is 6.88. The van der Waals surface area contributed by atoms with Crippen molar-refractivity contribution < 1.29 is 9.47 Å². The van der Waals surface area contributed by atoms with E-state index >= 15 is 0 Å². The zero-order valence-electron chi connectivity index (χ0n) is 16.6. The zero-order chi connectivity index (χ0) is 20.7. The molecule has 0 saturated carbocycles. The second kappa shape index (κ2) is 10.1. The third-order valence-electron chi connectivity index (χ3n) is 4.60. The first-order chi connectivity index (χ1) is 14.1. The predicted octanol–water partition coefficient (Wildman–Crippen LogP) is 6.50. The van der Waals surface area contributed by atoms with Crippen LogP contribution in [0.25, 0.3) is 0 Å². The van der Waals surface area contributed by atoms with Gasteiger partial charge in [-0.05, 0) is 49.2 Å². The Labute approximate surface area is 181 Å². The Balaban J connectivity index is 1.92. The van der Waals surface area contributed by atoms with Gasteiger partial charge in [-0.2, -0.15) is 5.10 Å². The molecule has 0 saturated heterocycles. The van der Waals surface area contributed by atoms with Crippen LogP contribution >= 0.6 is 23.2 Å². The highest BCUT2D eigenvalue weighted by atomic mass is 35.5. The van der Waals surface area contributed by atoms with Crippen molar-refractivity contribution in [3.8, 4) is 11.5 Å². The topological polar surface area (TPSA) is 49.2 Å². The molecule has 0 radical (unpaired) electrons. The van der Waals surface area contributed by atoms with Crippen LogP contribution in [0.2, 0.25) is 10.0 Å². The number of hydrogen-bond acceptors (Lipinski definition) is 4. The van der Waals surface area contributed by atoms with Crippen molar-refractivity contribution in [2.75, 3.05) is 6.61 Å². The lowest BCUT2D eigenvalue weighted by Crippen LogP contribution is -2.36. The SMILES string of the molecule is CCCOC(CCC)(Cn1cncn1)c1ccc(Oc2ccc(Cl)cc2)cc1Cl. The summed E-state index contributed by atoms with van der Waals surface area (Å²) in [6.45, 7) is 5.40. The van der Waals surface area contributed by atoms with Gasteiger partial charge in [0.1, 0.15) is 29.8 Å². The lowest BCUT2D eigenvalue weighted by molar-refractivity contribution is -0.0718. The lowest BCUT2D eigenvalue weighted by Gasteiger charge is -2.35. The van der Waals surface area contributed by atoms with Gasteiger partial charge < -0.3 is 9.47 Å². The molecule has 5 nitrogen and oxygen atoms in total. The number of nitrogens with zero attached hydrogens (tertiary/aromatic N) is 3. The third kappa shape index (κ3) is 5.50. The smallest absolute Gasteiger partial charge is 0.137 e. The van der Waals surface area contributed by atoms with Gasteiger partial charge in [-0.1, -0.05) is 49.5 Å². The summed E-state index contributed by atoms with van der Waals surface area (Å²) in [6.07, 6.45) is 5.90. The molecule has 1 atom stereocenters. The minimum atomic E-state index is -0.589. The molecular weight excluding hydrogens is 409 g/mol. The summed E-state index contributed by atoms with van der Waals surface area (Å²) in [5, 5.41) is 5.54. The van der Waals surface area contributed by atoms with E-state index in [9.17, 15) is 0 Å². The van der Waals surface area contributed by atoms with E-state index in [1.165, 1.54) is 6.33 Å². The molecule has 7 heteroatoms. The number of rotatable bonds is 10. The molecule has 0 N–H and O–H groups in total. The van der Waals surface area contributed by atoms with E-state index < -0.39 is 5.60 Å². The number of halogens is 2. The van der Waals surface area contributed by atoms with Crippen LogP contribution in [0.15, 0.2) is 55.1 Å². The average molecular weight is 434 g/mol. The Bertz CT molecular complexity index is 901. The van der Waals surface area contributed by atoms with E-state index in [0.29, 0.717) is 34.7 Å². The molecule has 1 aromatic heterocycles. The summed E-state index contributed by atoms with van der Waals surface area (Å²) < 4.78 is 14.1. The van der Waals surface area contributed by atoms with Crippen molar-refractivity contribution in [3.63, 3.8) is 0 Å². The highest BCUT2D eigenvalue weighted by Crippen LogP contribution is 2.39. The molecular formula is C22H25Cl2N3O2. The Hall–Kier alpha value is -2.08. The van der Waals surface area contributed by atoms with Gasteiger partial charge in [-0.25, -0.2) is 9.67 Å². The van der Waals surface area contributed by atoms with Crippen LogP contribution in [0.3, 0.4) is 0 Å². The molecule has 3 aromatic rings. The van der Waals surface area contributed by atoms with Crippen LogP contribution in [-0.2, 0) is 16.9 Å². The van der Waals surface area contributed by atoms with Crippen LogP contribution < -0.4 is 4.74 Å². The first-order valence-corrected chi connectivity index (χ1v) is 10.5. The summed E-state index contributed by atoms with van der Waals surface area (Å²) in [6, 6.07) is 12.9. The van der Waals surface area contributed by atoms with Gasteiger partial charge in [0.25, 0.3) is 0 Å². The number of aromatic nitrogens is 3. The lowest BCUT2D eigenvalue weighted by atomic mass is 9.88. The minimum absolute atomic E-state index is 0.540. The van der Waals surface area contributed by atoms with Crippen LogP contribution in [0.1, 0.15) is 38.7 Å². The highest BCUT2D eigenvalue weighted by Gasteiger charge is 2.35. The van der Waals surface area contributed by atoms with Gasteiger partial charge in [0.2, 0.25) is 0 Å². The summed E-state index contributed by atoms with van der Waals surface area (Å²) in [7, 11) is 0. The van der Waals surface area contributed by atoms with Crippen molar-refractivity contribution in [3.05, 3.63) is 70.7 Å². The van der Waals surface area contributed by atoms with Crippen molar-refractivity contribution in [1.29, 1.82) is 0 Å². The van der Waals surface area contributed by atoms with E-state index in [4.69, 9.17) is 32.7 Å². The molecule has 1 heterocycles. The maximum atomic E-state index is 6.73. The Morgan fingerprint density at radius 3 is 2.38 bits per heavy atom. The van der Waals surface area contributed by atoms with Gasteiger partial charge in [0, 0.05) is 17.2 Å². The van der Waals surface area contributed by atoms with E-state index in [2.05, 4.69) is 23.9 Å². The fourth-order valence-corrected chi connectivity index (χ4v) is 3.81. The Morgan fingerprint density at radius 2 is 1.76 bits per heavy atom. The largest absolute Gasteiger partial charge is 0.457 e. The highest BCUT2D eigenvalue weighted by molar-refractivity contribution is 6.31. The van der Waals surface area contributed by atoms with Gasteiger partial charge in [0.05, 0.1) is 11.6 Å². The molecule has 0 aliphatic rings. The van der Waals surface area contributed by atoms with Crippen molar-refractivity contribution in [2.24, 2.45) is 0 Å². The minimum Gasteiger partial charge on any atom is -0.457 e. The molecule has 3 rings (SSSR count). The first-order valence-electron chi connectivity index (χ1n) is 9.76. The standard InChI is InChI=1S/C22H25Cl2N3O2/c1-3-11-22(28-12-4-2,14-27-16-25-15-26-27)20-10-9-19(13-21(20)24)29-18-7-5-17(23)6-8-18/h5-10,13,15-16H,3-4,11-12,14H2,1-2H3. The quantitative estimate of drug-likeness (QED) is 0.366. The van der Waals surface area contributed by atoms with Gasteiger partial charge in [0.15, 0.2) is 0 Å². The Morgan fingerprint density at radius 1 is 1.00 bits per heavy atom. The summed E-state index contributed by atoms with van der Waals surface area (Å²) in [5.41, 5.74) is 0.336. The molecule has 0 aliphatic heterocycles. The molecule has 0 bridgehead atoms. The van der Waals surface area contributed by atoms with Crippen LogP contribution in [0, 0.1) is 0 Å². The van der Waals surface area contributed by atoms with E-state index in [0.717, 1.165) is 24.8 Å². The molecule has 0 aliphatic carbocycles. The molecule has 29 heavy (non-hydrogen) atoms. The fourth-order valence-electron chi connectivity index (χ4n) is 3.34. The maximum Gasteiger partial charge on any atom is 0.137 e. The monoisotopic (exact) mass is 433 g/mol. The number of benzene rings is 2. The summed E-state index contributed by atoms with van der Waals surface area (Å²) >= 11 is 12.7. The number of ether oxygens (including phenoxy) is 2. The van der Waals surface area contributed by atoms with Crippen LogP contribution in [0.4, 0.5) is 0 Å². The molecule has 2 aromatic carbocycles. The van der Waals surface area contributed by atoms with Gasteiger partial charge in [-0.3, -0.25) is 0 Å². The summed E-state index contributed by atoms with van der Waals surface area (Å²) in [5.74, 6) is 1.35. The Kier molecular flexibility index (Phi) is 7.53. The molecule has 0 amide bonds. The normalized spacial score (nSPS) is 13.2. The fraction of sp³-hybridized carbons (Fsp3) is 0.364. The number of hydrogen-bond donors (Lipinski definition) is 0.